The van der Waals surface area contributed by atoms with Crippen molar-refractivity contribution in [1.29, 1.82) is 0 Å². The second-order valence-electron chi connectivity index (χ2n) is 5.73. The van der Waals surface area contributed by atoms with Gasteiger partial charge in [-0.25, -0.2) is 4.79 Å². The number of ether oxygens (including phenoxy) is 2. The summed E-state index contributed by atoms with van der Waals surface area (Å²) in [6.45, 7) is 1.32. The van der Waals surface area contributed by atoms with Crippen LogP contribution in [0.5, 0.6) is 0 Å². The number of morpholine rings is 1. The van der Waals surface area contributed by atoms with E-state index >= 15 is 0 Å². The Morgan fingerprint density at radius 3 is 2.74 bits per heavy atom. The van der Waals surface area contributed by atoms with E-state index in [4.69, 9.17) is 26.2 Å². The third kappa shape index (κ3) is 3.65. The summed E-state index contributed by atoms with van der Waals surface area (Å²) in [5, 5.41) is 9.58. The van der Waals surface area contributed by atoms with Crippen molar-refractivity contribution < 1.29 is 24.2 Å². The van der Waals surface area contributed by atoms with E-state index in [1.807, 2.05) is 18.2 Å². The van der Waals surface area contributed by atoms with Gasteiger partial charge >= 0.3 is 5.97 Å². The van der Waals surface area contributed by atoms with Crippen LogP contribution >= 0.6 is 11.6 Å². The van der Waals surface area contributed by atoms with Gasteiger partial charge in [-0.3, -0.25) is 4.79 Å². The molecule has 7 heteroatoms. The van der Waals surface area contributed by atoms with Crippen LogP contribution in [0.25, 0.3) is 0 Å². The van der Waals surface area contributed by atoms with Crippen molar-refractivity contribution in [3.05, 3.63) is 34.9 Å². The summed E-state index contributed by atoms with van der Waals surface area (Å²) in [7, 11) is 0. The molecule has 2 saturated heterocycles. The first-order valence-electron chi connectivity index (χ1n) is 7.58. The average molecular weight is 340 g/mol. The van der Waals surface area contributed by atoms with Gasteiger partial charge in [0.1, 0.15) is 12.2 Å². The van der Waals surface area contributed by atoms with Crippen LogP contribution in [0.1, 0.15) is 24.5 Å². The molecule has 0 spiro atoms. The van der Waals surface area contributed by atoms with Crippen LogP contribution in [0.3, 0.4) is 0 Å². The molecule has 1 aromatic carbocycles. The average Bonchev–Trinajstić information content (AvgIpc) is 3.04. The number of hydrogen-bond donors (Lipinski definition) is 1. The Balaban J connectivity index is 1.64. The Morgan fingerprint density at radius 1 is 1.26 bits per heavy atom. The number of carboxylic acid groups (broad SMARTS) is 1. The smallest absolute Gasteiger partial charge is 0.332 e. The van der Waals surface area contributed by atoms with Gasteiger partial charge in [-0.1, -0.05) is 23.7 Å². The predicted octanol–water partition coefficient (Wildman–Crippen LogP) is 1.87. The molecule has 2 aliphatic heterocycles. The first kappa shape index (κ1) is 16.2. The Morgan fingerprint density at radius 2 is 2.04 bits per heavy atom. The van der Waals surface area contributed by atoms with Crippen LogP contribution < -0.4 is 0 Å². The largest absolute Gasteiger partial charge is 0.479 e. The van der Waals surface area contributed by atoms with E-state index in [1.54, 1.807) is 11.0 Å². The Bertz CT molecular complexity index is 608. The van der Waals surface area contributed by atoms with Gasteiger partial charge in [-0.15, -0.1) is 0 Å². The number of carboxylic acids is 1. The summed E-state index contributed by atoms with van der Waals surface area (Å²) < 4.78 is 11.1. The van der Waals surface area contributed by atoms with E-state index < -0.39 is 18.2 Å². The topological polar surface area (TPSA) is 76.1 Å². The summed E-state index contributed by atoms with van der Waals surface area (Å²) in [5.41, 5.74) is 0.922. The van der Waals surface area contributed by atoms with Crippen molar-refractivity contribution in [2.24, 2.45) is 0 Å². The van der Waals surface area contributed by atoms with E-state index in [2.05, 4.69) is 0 Å². The molecule has 0 bridgehead atoms. The Hall–Kier alpha value is -1.63. The summed E-state index contributed by atoms with van der Waals surface area (Å²) in [6, 6.07) is 7.37. The van der Waals surface area contributed by atoms with Gasteiger partial charge in [-0.05, 0) is 30.5 Å². The number of aliphatic carboxylic acids is 1. The van der Waals surface area contributed by atoms with Crippen molar-refractivity contribution in [3.63, 3.8) is 0 Å². The maximum absolute atomic E-state index is 12.5. The maximum atomic E-state index is 12.5. The lowest BCUT2D eigenvalue weighted by Crippen LogP contribution is -2.46. The Labute approximate surface area is 138 Å². The van der Waals surface area contributed by atoms with Gasteiger partial charge in [0.15, 0.2) is 6.10 Å². The molecule has 0 radical (unpaired) electrons. The molecule has 1 aromatic rings. The fraction of sp³-hybridized carbons (Fsp3) is 0.500. The third-order valence-corrected chi connectivity index (χ3v) is 4.40. The fourth-order valence-electron chi connectivity index (χ4n) is 2.96. The Kier molecular flexibility index (Phi) is 4.84. The van der Waals surface area contributed by atoms with E-state index in [0.29, 0.717) is 37.6 Å². The van der Waals surface area contributed by atoms with Gasteiger partial charge in [0.05, 0.1) is 13.2 Å². The molecule has 0 saturated carbocycles. The minimum Gasteiger partial charge on any atom is -0.479 e. The number of halogens is 1. The van der Waals surface area contributed by atoms with Crippen LogP contribution in [0.15, 0.2) is 24.3 Å². The molecule has 124 valence electrons. The monoisotopic (exact) mass is 339 g/mol. The van der Waals surface area contributed by atoms with Gasteiger partial charge in [0, 0.05) is 11.6 Å². The lowest BCUT2D eigenvalue weighted by atomic mass is 10.1. The van der Waals surface area contributed by atoms with Crippen LogP contribution in [0, 0.1) is 0 Å². The van der Waals surface area contributed by atoms with Gasteiger partial charge in [-0.2, -0.15) is 0 Å². The standard InChI is InChI=1S/C16H18ClNO5/c17-11-3-1-2-10(8-11)14-9-18(6-7-22-14)15(19)12-4-5-13(23-12)16(20)21/h1-3,8,12-14H,4-7,9H2,(H,20,21)/t12-,13+,14?/m0/s1. The van der Waals surface area contributed by atoms with E-state index in [-0.39, 0.29) is 12.0 Å². The zero-order chi connectivity index (χ0) is 16.4. The minimum absolute atomic E-state index is 0.163. The van der Waals surface area contributed by atoms with Crippen LogP contribution in [0.4, 0.5) is 0 Å². The highest BCUT2D eigenvalue weighted by atomic mass is 35.5. The van der Waals surface area contributed by atoms with Crippen molar-refractivity contribution in [3.8, 4) is 0 Å². The number of amides is 1. The highest BCUT2D eigenvalue weighted by Crippen LogP contribution is 2.27. The third-order valence-electron chi connectivity index (χ3n) is 4.17. The van der Waals surface area contributed by atoms with E-state index in [1.165, 1.54) is 0 Å². The van der Waals surface area contributed by atoms with Gasteiger partial charge in [0.25, 0.3) is 5.91 Å². The van der Waals surface area contributed by atoms with Gasteiger partial charge < -0.3 is 19.5 Å². The first-order chi connectivity index (χ1) is 11.0. The highest BCUT2D eigenvalue weighted by molar-refractivity contribution is 6.30. The summed E-state index contributed by atoms with van der Waals surface area (Å²) >= 11 is 6.00. The number of carbonyl (C=O) groups excluding carboxylic acids is 1. The van der Waals surface area contributed by atoms with Crippen molar-refractivity contribution >= 4 is 23.5 Å². The van der Waals surface area contributed by atoms with Crippen LogP contribution in [0.2, 0.25) is 5.02 Å². The van der Waals surface area contributed by atoms with Crippen LogP contribution in [-0.4, -0.2) is 53.8 Å². The lowest BCUT2D eigenvalue weighted by Gasteiger charge is -2.34. The van der Waals surface area contributed by atoms with E-state index in [0.717, 1.165) is 5.56 Å². The van der Waals surface area contributed by atoms with Crippen molar-refractivity contribution in [1.82, 2.24) is 4.90 Å². The lowest BCUT2D eigenvalue weighted by molar-refractivity contribution is -0.158. The molecule has 0 aliphatic carbocycles. The second kappa shape index (κ2) is 6.86. The molecule has 2 fully saturated rings. The number of nitrogens with zero attached hydrogens (tertiary/aromatic N) is 1. The second-order valence-corrected chi connectivity index (χ2v) is 6.16. The molecular formula is C16H18ClNO5. The first-order valence-corrected chi connectivity index (χ1v) is 7.96. The molecule has 2 aliphatic rings. The maximum Gasteiger partial charge on any atom is 0.332 e. The fourth-order valence-corrected chi connectivity index (χ4v) is 3.16. The molecule has 23 heavy (non-hydrogen) atoms. The zero-order valence-corrected chi connectivity index (χ0v) is 13.2. The molecule has 1 unspecified atom stereocenters. The summed E-state index contributed by atoms with van der Waals surface area (Å²) in [5.74, 6) is -1.18. The summed E-state index contributed by atoms with van der Waals surface area (Å²) in [4.78, 5) is 25.2. The molecule has 0 aromatic heterocycles. The number of rotatable bonds is 3. The zero-order valence-electron chi connectivity index (χ0n) is 12.5. The van der Waals surface area contributed by atoms with E-state index in [9.17, 15) is 9.59 Å². The molecule has 2 heterocycles. The molecule has 1 N–H and O–H groups in total. The molecule has 1 amide bonds. The molecular weight excluding hydrogens is 322 g/mol. The molecule has 3 rings (SSSR count). The SMILES string of the molecule is O=C(O)[C@H]1CC[C@@H](C(=O)N2CCOC(c3cccc(Cl)c3)C2)O1. The molecule has 3 atom stereocenters. The molecule has 6 nitrogen and oxygen atoms in total. The number of carbonyl (C=O) groups is 2. The normalized spacial score (nSPS) is 27.9. The quantitative estimate of drug-likeness (QED) is 0.909. The van der Waals surface area contributed by atoms with Crippen molar-refractivity contribution in [2.75, 3.05) is 19.7 Å². The van der Waals surface area contributed by atoms with Crippen molar-refractivity contribution in [2.45, 2.75) is 31.2 Å². The number of hydrogen-bond acceptors (Lipinski definition) is 4. The summed E-state index contributed by atoms with van der Waals surface area (Å²) in [6.07, 6.45) is -0.978. The van der Waals surface area contributed by atoms with Gasteiger partial charge in [0.2, 0.25) is 0 Å². The highest BCUT2D eigenvalue weighted by Gasteiger charge is 2.38. The minimum atomic E-state index is -1.01. The predicted molar refractivity (Wildman–Crippen MR) is 82.3 cm³/mol. The number of benzene rings is 1. The van der Waals surface area contributed by atoms with Crippen LogP contribution in [-0.2, 0) is 19.1 Å².